The minimum Gasteiger partial charge on any atom is -0.378 e. The molecule has 76 valence electrons. The predicted molar refractivity (Wildman–Crippen MR) is 56.4 cm³/mol. The van der Waals surface area contributed by atoms with Crippen LogP contribution in [0.2, 0.25) is 0 Å². The van der Waals surface area contributed by atoms with Gasteiger partial charge in [0, 0.05) is 12.8 Å². The summed E-state index contributed by atoms with van der Waals surface area (Å²) in [6.07, 6.45) is 3.19. The molecule has 3 nitrogen and oxygen atoms in total. The predicted octanol–water partition coefficient (Wildman–Crippen LogP) is 1.98. The van der Waals surface area contributed by atoms with Gasteiger partial charge in [0.2, 0.25) is 0 Å². The van der Waals surface area contributed by atoms with Gasteiger partial charge in [0.25, 0.3) is 0 Å². The summed E-state index contributed by atoms with van der Waals surface area (Å²) in [7, 11) is 0. The molecule has 1 aromatic rings. The van der Waals surface area contributed by atoms with Gasteiger partial charge in [-0.05, 0) is 32.4 Å². The third-order valence-electron chi connectivity index (χ3n) is 2.72. The van der Waals surface area contributed by atoms with E-state index < -0.39 is 0 Å². The van der Waals surface area contributed by atoms with Crippen LogP contribution in [0.1, 0.15) is 19.0 Å². The summed E-state index contributed by atoms with van der Waals surface area (Å²) in [5.41, 5.74) is 2.17. The van der Waals surface area contributed by atoms with E-state index in [0.29, 0.717) is 12.1 Å². The Labute approximate surface area is 84.5 Å². The Kier molecular flexibility index (Phi) is 2.68. The number of aryl methyl sites for hydroxylation is 1. The lowest BCUT2D eigenvalue weighted by molar-refractivity contribution is 0.121. The van der Waals surface area contributed by atoms with E-state index in [9.17, 15) is 0 Å². The van der Waals surface area contributed by atoms with Crippen LogP contribution in [0.25, 0.3) is 0 Å². The molecule has 1 aliphatic rings. The highest BCUT2D eigenvalue weighted by Gasteiger charge is 2.24. The van der Waals surface area contributed by atoms with Gasteiger partial charge in [0.1, 0.15) is 0 Å². The van der Waals surface area contributed by atoms with E-state index in [1.165, 1.54) is 0 Å². The maximum atomic E-state index is 5.49. The van der Waals surface area contributed by atoms with Crippen LogP contribution in [0, 0.1) is 6.92 Å². The van der Waals surface area contributed by atoms with Crippen LogP contribution in [0.5, 0.6) is 0 Å². The maximum absolute atomic E-state index is 5.49. The summed E-state index contributed by atoms with van der Waals surface area (Å²) in [6, 6.07) is 4.45. The van der Waals surface area contributed by atoms with E-state index in [0.717, 1.165) is 24.4 Å². The minimum absolute atomic E-state index is 0.301. The van der Waals surface area contributed by atoms with Crippen molar-refractivity contribution in [1.29, 1.82) is 0 Å². The molecule has 2 heterocycles. The monoisotopic (exact) mass is 192 g/mol. The molecule has 1 aromatic heterocycles. The molecule has 2 rings (SSSR count). The van der Waals surface area contributed by atoms with Crippen LogP contribution in [0.4, 0.5) is 5.69 Å². The standard InChI is InChI=1S/C11H16N2O/c1-8-10(4-3-6-12-8)13-11-5-7-14-9(11)2/h3-4,6,9,11,13H,5,7H2,1-2H3/t9-,11+/m1/s1. The smallest absolute Gasteiger partial charge is 0.0748 e. The van der Waals surface area contributed by atoms with Crippen LogP contribution in [0.3, 0.4) is 0 Å². The van der Waals surface area contributed by atoms with E-state index >= 15 is 0 Å². The van der Waals surface area contributed by atoms with Gasteiger partial charge in [-0.2, -0.15) is 0 Å². The van der Waals surface area contributed by atoms with Gasteiger partial charge in [-0.1, -0.05) is 0 Å². The number of aromatic nitrogens is 1. The number of pyridine rings is 1. The molecule has 0 aromatic carbocycles. The molecule has 0 amide bonds. The Bertz CT molecular complexity index is 314. The Morgan fingerprint density at radius 1 is 1.57 bits per heavy atom. The van der Waals surface area contributed by atoms with Crippen LogP contribution in [-0.2, 0) is 4.74 Å². The highest BCUT2D eigenvalue weighted by molar-refractivity contribution is 5.47. The second kappa shape index (κ2) is 3.96. The Balaban J connectivity index is 2.07. The van der Waals surface area contributed by atoms with E-state index in [-0.39, 0.29) is 0 Å². The maximum Gasteiger partial charge on any atom is 0.0748 e. The fourth-order valence-electron chi connectivity index (χ4n) is 1.76. The lowest BCUT2D eigenvalue weighted by Gasteiger charge is -2.18. The number of ether oxygens (including phenoxy) is 1. The van der Waals surface area contributed by atoms with Crippen LogP contribution >= 0.6 is 0 Å². The van der Waals surface area contributed by atoms with Crippen LogP contribution in [-0.4, -0.2) is 23.7 Å². The first kappa shape index (κ1) is 9.46. The number of nitrogens with one attached hydrogen (secondary N) is 1. The van der Waals surface area contributed by atoms with E-state index in [1.54, 1.807) is 0 Å². The molecule has 1 aliphatic heterocycles. The van der Waals surface area contributed by atoms with E-state index in [2.05, 4.69) is 23.3 Å². The zero-order valence-corrected chi connectivity index (χ0v) is 8.66. The molecule has 0 aliphatic carbocycles. The third kappa shape index (κ3) is 1.87. The average Bonchev–Trinajstić information content (AvgIpc) is 2.56. The second-order valence-corrected chi connectivity index (χ2v) is 3.75. The number of anilines is 1. The molecule has 1 fully saturated rings. The molecule has 0 bridgehead atoms. The topological polar surface area (TPSA) is 34.2 Å². The summed E-state index contributed by atoms with van der Waals surface area (Å²) in [5, 5.41) is 3.47. The molecular weight excluding hydrogens is 176 g/mol. The van der Waals surface area contributed by atoms with Crippen molar-refractivity contribution in [3.63, 3.8) is 0 Å². The number of hydrogen-bond acceptors (Lipinski definition) is 3. The quantitative estimate of drug-likeness (QED) is 0.778. The van der Waals surface area contributed by atoms with Crippen molar-refractivity contribution >= 4 is 5.69 Å². The number of hydrogen-bond donors (Lipinski definition) is 1. The fourth-order valence-corrected chi connectivity index (χ4v) is 1.76. The molecule has 14 heavy (non-hydrogen) atoms. The largest absolute Gasteiger partial charge is 0.378 e. The summed E-state index contributed by atoms with van der Waals surface area (Å²) in [4.78, 5) is 4.24. The van der Waals surface area contributed by atoms with Crippen molar-refractivity contribution < 1.29 is 4.74 Å². The first-order valence-corrected chi connectivity index (χ1v) is 5.07. The van der Waals surface area contributed by atoms with Crippen molar-refractivity contribution in [2.45, 2.75) is 32.4 Å². The van der Waals surface area contributed by atoms with Crippen molar-refractivity contribution in [3.8, 4) is 0 Å². The molecular formula is C11H16N2O. The SMILES string of the molecule is Cc1ncccc1N[C@H]1CCO[C@@H]1C. The van der Waals surface area contributed by atoms with Gasteiger partial charge in [-0.15, -0.1) is 0 Å². The lowest BCUT2D eigenvalue weighted by Crippen LogP contribution is -2.27. The van der Waals surface area contributed by atoms with Gasteiger partial charge < -0.3 is 10.1 Å². The van der Waals surface area contributed by atoms with Crippen LogP contribution < -0.4 is 5.32 Å². The van der Waals surface area contributed by atoms with Gasteiger partial charge >= 0.3 is 0 Å². The van der Waals surface area contributed by atoms with Crippen molar-refractivity contribution in [1.82, 2.24) is 4.98 Å². The van der Waals surface area contributed by atoms with Crippen molar-refractivity contribution in [3.05, 3.63) is 24.0 Å². The first-order chi connectivity index (χ1) is 6.77. The molecule has 1 saturated heterocycles. The Morgan fingerprint density at radius 3 is 3.07 bits per heavy atom. The minimum atomic E-state index is 0.301. The molecule has 1 N–H and O–H groups in total. The van der Waals surface area contributed by atoms with Crippen molar-refractivity contribution in [2.75, 3.05) is 11.9 Å². The Morgan fingerprint density at radius 2 is 2.43 bits per heavy atom. The molecule has 2 atom stereocenters. The summed E-state index contributed by atoms with van der Waals surface area (Å²) >= 11 is 0. The fraction of sp³-hybridized carbons (Fsp3) is 0.545. The number of nitrogens with zero attached hydrogens (tertiary/aromatic N) is 1. The molecule has 3 heteroatoms. The Hall–Kier alpha value is -1.09. The van der Waals surface area contributed by atoms with Gasteiger partial charge in [-0.25, -0.2) is 0 Å². The highest BCUT2D eigenvalue weighted by Crippen LogP contribution is 2.19. The first-order valence-electron chi connectivity index (χ1n) is 5.07. The van der Waals surface area contributed by atoms with Gasteiger partial charge in [0.15, 0.2) is 0 Å². The van der Waals surface area contributed by atoms with Gasteiger partial charge in [0.05, 0.1) is 23.5 Å². The normalized spacial score (nSPS) is 26.4. The summed E-state index contributed by atoms with van der Waals surface area (Å²) < 4.78 is 5.49. The molecule has 0 radical (unpaired) electrons. The lowest BCUT2D eigenvalue weighted by atomic mass is 10.1. The summed E-state index contributed by atoms with van der Waals surface area (Å²) in [6.45, 7) is 4.98. The number of rotatable bonds is 2. The molecule has 0 unspecified atom stereocenters. The second-order valence-electron chi connectivity index (χ2n) is 3.75. The molecule has 0 saturated carbocycles. The van der Waals surface area contributed by atoms with E-state index in [1.807, 2.05) is 19.2 Å². The zero-order valence-electron chi connectivity index (χ0n) is 8.66. The average molecular weight is 192 g/mol. The molecule has 0 spiro atoms. The van der Waals surface area contributed by atoms with Gasteiger partial charge in [-0.3, -0.25) is 4.98 Å². The van der Waals surface area contributed by atoms with Crippen molar-refractivity contribution in [2.24, 2.45) is 0 Å². The summed E-state index contributed by atoms with van der Waals surface area (Å²) in [5.74, 6) is 0. The zero-order chi connectivity index (χ0) is 9.97. The van der Waals surface area contributed by atoms with Crippen LogP contribution in [0.15, 0.2) is 18.3 Å². The highest BCUT2D eigenvalue weighted by atomic mass is 16.5. The van der Waals surface area contributed by atoms with E-state index in [4.69, 9.17) is 4.74 Å². The third-order valence-corrected chi connectivity index (χ3v) is 2.72.